The van der Waals surface area contributed by atoms with Crippen LogP contribution in [0.4, 0.5) is 4.39 Å². The van der Waals surface area contributed by atoms with Gasteiger partial charge >= 0.3 is 5.97 Å². The molecule has 1 rings (SSSR count). The average Bonchev–Trinajstić information content (AvgIpc) is 2.17. The number of methoxy groups -OCH3 is 1. The van der Waals surface area contributed by atoms with E-state index in [0.29, 0.717) is 17.7 Å². The Balaban J connectivity index is 2.65. The number of halogens is 1. The highest BCUT2D eigenvalue weighted by Gasteiger charge is 2.10. The highest BCUT2D eigenvalue weighted by Crippen LogP contribution is 2.11. The molecule has 3 nitrogen and oxygen atoms in total. The topological polar surface area (TPSA) is 35.5 Å². The molecule has 0 saturated heterocycles. The van der Waals surface area contributed by atoms with Crippen molar-refractivity contribution in [2.24, 2.45) is 0 Å². The molecule has 0 aliphatic rings. The maximum Gasteiger partial charge on any atom is 0.338 e. The first-order valence-corrected chi connectivity index (χ1v) is 4.57. The van der Waals surface area contributed by atoms with Crippen LogP contribution in [0.2, 0.25) is 0 Å². The molecule has 0 aliphatic carbocycles. The predicted molar refractivity (Wildman–Crippen MR) is 53.3 cm³/mol. The van der Waals surface area contributed by atoms with Crippen molar-refractivity contribution in [3.63, 3.8) is 0 Å². The van der Waals surface area contributed by atoms with E-state index in [1.165, 1.54) is 25.3 Å². The molecule has 15 heavy (non-hydrogen) atoms. The lowest BCUT2D eigenvalue weighted by Crippen LogP contribution is -2.11. The first-order chi connectivity index (χ1) is 7.15. The number of carbonyl (C=O) groups is 1. The summed E-state index contributed by atoms with van der Waals surface area (Å²) in [6, 6.07) is 3.95. The third kappa shape index (κ3) is 3.32. The third-order valence-electron chi connectivity index (χ3n) is 1.93. The van der Waals surface area contributed by atoms with Crippen molar-refractivity contribution in [2.75, 3.05) is 20.3 Å². The Labute approximate surface area is 87.8 Å². The third-order valence-corrected chi connectivity index (χ3v) is 1.93. The Morgan fingerprint density at radius 2 is 2.13 bits per heavy atom. The Bertz CT molecular complexity index is 350. The van der Waals surface area contributed by atoms with Gasteiger partial charge in [0, 0.05) is 7.11 Å². The van der Waals surface area contributed by atoms with Crippen molar-refractivity contribution in [1.82, 2.24) is 0 Å². The fraction of sp³-hybridized carbons (Fsp3) is 0.364. The molecule has 0 fully saturated rings. The lowest BCUT2D eigenvalue weighted by atomic mass is 10.1. The number of aryl methyl sites for hydroxylation is 1. The van der Waals surface area contributed by atoms with Crippen LogP contribution in [0.25, 0.3) is 0 Å². The maximum atomic E-state index is 12.7. The molecule has 0 spiro atoms. The largest absolute Gasteiger partial charge is 0.460 e. The summed E-state index contributed by atoms with van der Waals surface area (Å²) >= 11 is 0. The molecule has 0 N–H and O–H groups in total. The Morgan fingerprint density at radius 1 is 1.40 bits per heavy atom. The zero-order valence-electron chi connectivity index (χ0n) is 8.75. The van der Waals surface area contributed by atoms with Crippen LogP contribution >= 0.6 is 0 Å². The average molecular weight is 212 g/mol. The van der Waals surface area contributed by atoms with E-state index in [2.05, 4.69) is 0 Å². The summed E-state index contributed by atoms with van der Waals surface area (Å²) in [5.41, 5.74) is 0.949. The molecule has 0 saturated carbocycles. The summed E-state index contributed by atoms with van der Waals surface area (Å²) in [4.78, 5) is 11.5. The van der Waals surface area contributed by atoms with Gasteiger partial charge in [0.25, 0.3) is 0 Å². The van der Waals surface area contributed by atoms with Gasteiger partial charge in [-0.15, -0.1) is 0 Å². The summed E-state index contributed by atoms with van der Waals surface area (Å²) in [6.07, 6.45) is 0. The highest BCUT2D eigenvalue weighted by atomic mass is 19.1. The predicted octanol–water partition coefficient (Wildman–Crippen LogP) is 1.94. The number of hydrogen-bond donors (Lipinski definition) is 0. The molecule has 0 amide bonds. The van der Waals surface area contributed by atoms with Crippen molar-refractivity contribution < 1.29 is 18.7 Å². The van der Waals surface area contributed by atoms with Gasteiger partial charge in [0.1, 0.15) is 12.4 Å². The van der Waals surface area contributed by atoms with Crippen LogP contribution in [0, 0.1) is 12.7 Å². The second-order valence-electron chi connectivity index (χ2n) is 3.09. The van der Waals surface area contributed by atoms with Crippen LogP contribution in [-0.2, 0) is 9.47 Å². The minimum Gasteiger partial charge on any atom is -0.460 e. The fourth-order valence-electron chi connectivity index (χ4n) is 1.15. The van der Waals surface area contributed by atoms with E-state index < -0.39 is 5.97 Å². The lowest BCUT2D eigenvalue weighted by Gasteiger charge is -2.06. The number of benzene rings is 1. The summed E-state index contributed by atoms with van der Waals surface area (Å²) in [5, 5.41) is 0. The van der Waals surface area contributed by atoms with Crippen LogP contribution < -0.4 is 0 Å². The standard InChI is InChI=1S/C11H13FO3/c1-8-7-9(12)3-4-10(8)11(13)15-6-5-14-2/h3-4,7H,5-6H2,1-2H3. The van der Waals surface area contributed by atoms with E-state index in [4.69, 9.17) is 9.47 Å². The second-order valence-corrected chi connectivity index (χ2v) is 3.09. The number of rotatable bonds is 4. The molecular formula is C11H13FO3. The van der Waals surface area contributed by atoms with Crippen LogP contribution in [0.3, 0.4) is 0 Å². The molecule has 0 aliphatic heterocycles. The van der Waals surface area contributed by atoms with Gasteiger partial charge in [-0.2, -0.15) is 0 Å². The van der Waals surface area contributed by atoms with Gasteiger partial charge in [-0.25, -0.2) is 9.18 Å². The Kier molecular flexibility index (Phi) is 4.24. The molecule has 1 aromatic rings. The molecule has 0 bridgehead atoms. The minimum atomic E-state index is -0.454. The molecule has 0 atom stereocenters. The van der Waals surface area contributed by atoms with Gasteiger partial charge < -0.3 is 9.47 Å². The van der Waals surface area contributed by atoms with Gasteiger partial charge in [0.05, 0.1) is 12.2 Å². The molecule has 82 valence electrons. The number of esters is 1. The van der Waals surface area contributed by atoms with Crippen molar-refractivity contribution in [2.45, 2.75) is 6.92 Å². The zero-order chi connectivity index (χ0) is 11.3. The highest BCUT2D eigenvalue weighted by molar-refractivity contribution is 5.90. The summed E-state index contributed by atoms with van der Waals surface area (Å²) in [5.74, 6) is -0.814. The van der Waals surface area contributed by atoms with E-state index in [1.54, 1.807) is 6.92 Å². The molecule has 4 heteroatoms. The smallest absolute Gasteiger partial charge is 0.338 e. The van der Waals surface area contributed by atoms with Crippen LogP contribution in [0.15, 0.2) is 18.2 Å². The van der Waals surface area contributed by atoms with Gasteiger partial charge in [-0.1, -0.05) is 0 Å². The van der Waals surface area contributed by atoms with Crippen LogP contribution in [0.5, 0.6) is 0 Å². The molecule has 0 radical (unpaired) electrons. The van der Waals surface area contributed by atoms with Crippen LogP contribution in [0.1, 0.15) is 15.9 Å². The maximum absolute atomic E-state index is 12.7. The molecular weight excluding hydrogens is 199 g/mol. The van der Waals surface area contributed by atoms with Crippen molar-refractivity contribution in [3.8, 4) is 0 Å². The number of hydrogen-bond acceptors (Lipinski definition) is 3. The second kappa shape index (κ2) is 5.46. The lowest BCUT2D eigenvalue weighted by molar-refractivity contribution is 0.0387. The van der Waals surface area contributed by atoms with E-state index in [0.717, 1.165) is 0 Å². The van der Waals surface area contributed by atoms with Crippen LogP contribution in [-0.4, -0.2) is 26.3 Å². The monoisotopic (exact) mass is 212 g/mol. The molecule has 0 heterocycles. The molecule has 0 unspecified atom stereocenters. The van der Waals surface area contributed by atoms with Gasteiger partial charge in [0.2, 0.25) is 0 Å². The van der Waals surface area contributed by atoms with Gasteiger partial charge in [-0.05, 0) is 30.7 Å². The quantitative estimate of drug-likeness (QED) is 0.565. The van der Waals surface area contributed by atoms with E-state index >= 15 is 0 Å². The van der Waals surface area contributed by atoms with Crippen molar-refractivity contribution in [3.05, 3.63) is 35.1 Å². The van der Waals surface area contributed by atoms with E-state index in [-0.39, 0.29) is 12.4 Å². The zero-order valence-corrected chi connectivity index (χ0v) is 8.75. The number of carbonyl (C=O) groups excluding carboxylic acids is 1. The van der Waals surface area contributed by atoms with Gasteiger partial charge in [-0.3, -0.25) is 0 Å². The minimum absolute atomic E-state index is 0.201. The normalized spacial score (nSPS) is 10.1. The first-order valence-electron chi connectivity index (χ1n) is 4.57. The number of ether oxygens (including phenoxy) is 2. The SMILES string of the molecule is COCCOC(=O)c1ccc(F)cc1C. The Morgan fingerprint density at radius 3 is 2.73 bits per heavy atom. The fourth-order valence-corrected chi connectivity index (χ4v) is 1.15. The summed E-state index contributed by atoms with van der Waals surface area (Å²) < 4.78 is 22.4. The van der Waals surface area contributed by atoms with Gasteiger partial charge in [0.15, 0.2) is 0 Å². The summed E-state index contributed by atoms with van der Waals surface area (Å²) in [6.45, 7) is 2.22. The van der Waals surface area contributed by atoms with E-state index in [1.807, 2.05) is 0 Å². The summed E-state index contributed by atoms with van der Waals surface area (Å²) in [7, 11) is 1.52. The first kappa shape index (κ1) is 11.7. The molecule has 1 aromatic carbocycles. The van der Waals surface area contributed by atoms with Crippen molar-refractivity contribution in [1.29, 1.82) is 0 Å². The Hall–Kier alpha value is -1.42. The van der Waals surface area contributed by atoms with Crippen molar-refractivity contribution >= 4 is 5.97 Å². The van der Waals surface area contributed by atoms with E-state index in [9.17, 15) is 9.18 Å². The molecule has 0 aromatic heterocycles.